The number of nitrogens with one attached hydrogen (secondary N) is 1. The molecule has 0 amide bonds. The second-order valence-corrected chi connectivity index (χ2v) is 3.65. The Hall–Kier alpha value is -2.03. The molecule has 3 nitrogen and oxygen atoms in total. The SMILES string of the molecule is Cc1cccnc1NCc1ccccc1O. The average Bonchev–Trinajstić information content (AvgIpc) is 2.30. The van der Waals surface area contributed by atoms with Gasteiger partial charge in [-0.15, -0.1) is 0 Å². The fourth-order valence-corrected chi connectivity index (χ4v) is 1.51. The number of phenolic OH excluding ortho intramolecular Hbond substituents is 1. The van der Waals surface area contributed by atoms with E-state index in [0.29, 0.717) is 12.3 Å². The first-order valence-corrected chi connectivity index (χ1v) is 5.20. The fourth-order valence-electron chi connectivity index (χ4n) is 1.51. The zero-order valence-electron chi connectivity index (χ0n) is 9.14. The van der Waals surface area contributed by atoms with Gasteiger partial charge in [0.05, 0.1) is 0 Å². The normalized spacial score (nSPS) is 10.1. The van der Waals surface area contributed by atoms with E-state index in [0.717, 1.165) is 16.9 Å². The number of hydrogen-bond donors (Lipinski definition) is 2. The number of aryl methyl sites for hydroxylation is 1. The summed E-state index contributed by atoms with van der Waals surface area (Å²) in [6, 6.07) is 11.2. The van der Waals surface area contributed by atoms with Gasteiger partial charge in [0.15, 0.2) is 0 Å². The van der Waals surface area contributed by atoms with E-state index in [4.69, 9.17) is 0 Å². The van der Waals surface area contributed by atoms with Crippen LogP contribution in [0.2, 0.25) is 0 Å². The van der Waals surface area contributed by atoms with Crippen LogP contribution >= 0.6 is 0 Å². The highest BCUT2D eigenvalue weighted by Gasteiger charge is 2.01. The standard InChI is InChI=1S/C13H14N2O/c1-10-5-4-8-14-13(10)15-9-11-6-2-3-7-12(11)16/h2-8,16H,9H2,1H3,(H,14,15). The topological polar surface area (TPSA) is 45.2 Å². The van der Waals surface area contributed by atoms with Gasteiger partial charge in [-0.05, 0) is 24.6 Å². The van der Waals surface area contributed by atoms with Gasteiger partial charge in [0.2, 0.25) is 0 Å². The molecule has 2 N–H and O–H groups in total. The van der Waals surface area contributed by atoms with Crippen molar-refractivity contribution < 1.29 is 5.11 Å². The van der Waals surface area contributed by atoms with Crippen LogP contribution in [-0.4, -0.2) is 10.1 Å². The minimum absolute atomic E-state index is 0.309. The lowest BCUT2D eigenvalue weighted by Crippen LogP contribution is -2.02. The molecule has 0 aliphatic carbocycles. The molecule has 0 saturated carbocycles. The van der Waals surface area contributed by atoms with Gasteiger partial charge in [0.25, 0.3) is 0 Å². The Morgan fingerprint density at radius 2 is 2.00 bits per heavy atom. The molecule has 0 atom stereocenters. The van der Waals surface area contributed by atoms with Crippen LogP contribution in [0.15, 0.2) is 42.6 Å². The monoisotopic (exact) mass is 214 g/mol. The quantitative estimate of drug-likeness (QED) is 0.825. The fraction of sp³-hybridized carbons (Fsp3) is 0.154. The largest absolute Gasteiger partial charge is 0.508 e. The summed E-state index contributed by atoms with van der Waals surface area (Å²) in [4.78, 5) is 4.23. The third-order valence-electron chi connectivity index (χ3n) is 2.45. The van der Waals surface area contributed by atoms with E-state index in [-0.39, 0.29) is 0 Å². The van der Waals surface area contributed by atoms with Crippen LogP contribution in [0.25, 0.3) is 0 Å². The van der Waals surface area contributed by atoms with E-state index in [9.17, 15) is 5.11 Å². The second kappa shape index (κ2) is 4.66. The van der Waals surface area contributed by atoms with Crippen LogP contribution in [-0.2, 0) is 6.54 Å². The van der Waals surface area contributed by atoms with E-state index in [1.165, 1.54) is 0 Å². The number of rotatable bonds is 3. The molecule has 0 fully saturated rings. The summed E-state index contributed by atoms with van der Waals surface area (Å²) in [6.07, 6.45) is 1.75. The number of benzene rings is 1. The number of aromatic nitrogens is 1. The van der Waals surface area contributed by atoms with Crippen molar-refractivity contribution in [3.05, 3.63) is 53.7 Å². The summed E-state index contributed by atoms with van der Waals surface area (Å²) in [5.41, 5.74) is 1.96. The van der Waals surface area contributed by atoms with E-state index in [1.54, 1.807) is 12.3 Å². The molecular weight excluding hydrogens is 200 g/mol. The maximum atomic E-state index is 9.60. The van der Waals surface area contributed by atoms with Gasteiger partial charge in [-0.2, -0.15) is 0 Å². The lowest BCUT2D eigenvalue weighted by atomic mass is 10.2. The molecule has 82 valence electrons. The molecule has 1 aromatic heterocycles. The van der Waals surface area contributed by atoms with Crippen molar-refractivity contribution in [2.24, 2.45) is 0 Å². The van der Waals surface area contributed by atoms with Gasteiger partial charge < -0.3 is 10.4 Å². The maximum absolute atomic E-state index is 9.60. The first kappa shape index (κ1) is 10.5. The summed E-state index contributed by atoms with van der Waals surface area (Å²) in [6.45, 7) is 2.57. The predicted octanol–water partition coefficient (Wildman–Crippen LogP) is 2.71. The molecule has 2 aromatic rings. The second-order valence-electron chi connectivity index (χ2n) is 3.65. The van der Waals surface area contributed by atoms with Gasteiger partial charge in [0, 0.05) is 18.3 Å². The minimum atomic E-state index is 0.309. The number of para-hydroxylation sites is 1. The Labute approximate surface area is 94.8 Å². The lowest BCUT2D eigenvalue weighted by molar-refractivity contribution is 0.469. The van der Waals surface area contributed by atoms with Crippen LogP contribution < -0.4 is 5.32 Å². The number of phenols is 1. The van der Waals surface area contributed by atoms with E-state index >= 15 is 0 Å². The van der Waals surface area contributed by atoms with Gasteiger partial charge in [-0.3, -0.25) is 0 Å². The zero-order valence-corrected chi connectivity index (χ0v) is 9.14. The molecule has 0 aliphatic heterocycles. The summed E-state index contributed by atoms with van der Waals surface area (Å²) >= 11 is 0. The molecule has 1 aromatic carbocycles. The third-order valence-corrected chi connectivity index (χ3v) is 2.45. The number of hydrogen-bond acceptors (Lipinski definition) is 3. The summed E-state index contributed by atoms with van der Waals surface area (Å²) in [5, 5.41) is 12.8. The summed E-state index contributed by atoms with van der Waals surface area (Å²) in [5.74, 6) is 1.16. The Bertz CT molecular complexity index is 437. The van der Waals surface area contributed by atoms with Gasteiger partial charge in [0.1, 0.15) is 11.6 Å². The van der Waals surface area contributed by atoms with Crippen molar-refractivity contribution in [3.8, 4) is 5.75 Å². The Kier molecular flexibility index (Phi) is 3.05. The molecule has 16 heavy (non-hydrogen) atoms. The van der Waals surface area contributed by atoms with Crippen LogP contribution in [0.3, 0.4) is 0 Å². The molecule has 2 rings (SSSR count). The molecule has 0 radical (unpaired) electrons. The van der Waals surface area contributed by atoms with Crippen molar-refractivity contribution in [2.45, 2.75) is 13.5 Å². The minimum Gasteiger partial charge on any atom is -0.508 e. The summed E-state index contributed by atoms with van der Waals surface area (Å²) in [7, 11) is 0. The van der Waals surface area contributed by atoms with E-state index in [1.807, 2.05) is 37.3 Å². The highest BCUT2D eigenvalue weighted by atomic mass is 16.3. The van der Waals surface area contributed by atoms with Gasteiger partial charge >= 0.3 is 0 Å². The molecule has 0 spiro atoms. The molecular formula is C13H14N2O. The maximum Gasteiger partial charge on any atom is 0.129 e. The van der Waals surface area contributed by atoms with E-state index in [2.05, 4.69) is 10.3 Å². The van der Waals surface area contributed by atoms with Crippen molar-refractivity contribution in [1.82, 2.24) is 4.98 Å². The number of aromatic hydroxyl groups is 1. The highest BCUT2D eigenvalue weighted by Crippen LogP contribution is 2.17. The van der Waals surface area contributed by atoms with Crippen molar-refractivity contribution in [2.75, 3.05) is 5.32 Å². The molecule has 0 unspecified atom stereocenters. The molecule has 1 heterocycles. The number of pyridine rings is 1. The first-order chi connectivity index (χ1) is 7.77. The van der Waals surface area contributed by atoms with Gasteiger partial charge in [-0.25, -0.2) is 4.98 Å². The van der Waals surface area contributed by atoms with Crippen LogP contribution in [0.1, 0.15) is 11.1 Å². The zero-order chi connectivity index (χ0) is 11.4. The molecule has 0 bridgehead atoms. The van der Waals surface area contributed by atoms with Crippen LogP contribution in [0.4, 0.5) is 5.82 Å². The Morgan fingerprint density at radius 3 is 2.75 bits per heavy atom. The highest BCUT2D eigenvalue weighted by molar-refractivity contribution is 5.44. The molecule has 3 heteroatoms. The lowest BCUT2D eigenvalue weighted by Gasteiger charge is -2.08. The molecule has 0 saturated heterocycles. The Morgan fingerprint density at radius 1 is 1.19 bits per heavy atom. The smallest absolute Gasteiger partial charge is 0.129 e. The third kappa shape index (κ3) is 2.31. The van der Waals surface area contributed by atoms with Crippen LogP contribution in [0, 0.1) is 6.92 Å². The van der Waals surface area contributed by atoms with Crippen molar-refractivity contribution in [1.29, 1.82) is 0 Å². The number of anilines is 1. The van der Waals surface area contributed by atoms with Crippen molar-refractivity contribution >= 4 is 5.82 Å². The van der Waals surface area contributed by atoms with Crippen molar-refractivity contribution in [3.63, 3.8) is 0 Å². The first-order valence-electron chi connectivity index (χ1n) is 5.20. The number of nitrogens with zero attached hydrogens (tertiary/aromatic N) is 1. The predicted molar refractivity (Wildman–Crippen MR) is 64.4 cm³/mol. The average molecular weight is 214 g/mol. The molecule has 0 aliphatic rings. The van der Waals surface area contributed by atoms with Crippen LogP contribution in [0.5, 0.6) is 5.75 Å². The van der Waals surface area contributed by atoms with Gasteiger partial charge in [-0.1, -0.05) is 24.3 Å². The summed E-state index contributed by atoms with van der Waals surface area (Å²) < 4.78 is 0. The Balaban J connectivity index is 2.09. The van der Waals surface area contributed by atoms with E-state index < -0.39 is 0 Å².